The lowest BCUT2D eigenvalue weighted by Gasteiger charge is -2.31. The molecule has 25 nitrogen and oxygen atoms in total. The quantitative estimate of drug-likeness (QED) is 0.0460. The number of nitrogens with zero attached hydrogens (tertiary/aromatic N) is 10. The maximum Gasteiger partial charge on any atom is 0.239 e. The van der Waals surface area contributed by atoms with Crippen molar-refractivity contribution in [3.63, 3.8) is 0 Å². The van der Waals surface area contributed by atoms with Crippen LogP contribution in [0.1, 0.15) is 208 Å². The molecule has 8 amide bonds. The van der Waals surface area contributed by atoms with Crippen molar-refractivity contribution < 1.29 is 52.2 Å². The van der Waals surface area contributed by atoms with E-state index in [4.69, 9.17) is 0 Å². The second-order valence-electron chi connectivity index (χ2n) is 34.5. The van der Waals surface area contributed by atoms with Gasteiger partial charge in [0.1, 0.15) is 13.3 Å². The number of piperidine rings is 1. The predicted molar refractivity (Wildman–Crippen MR) is 469 cm³/mol. The normalized spacial score (nSPS) is 23.2. The summed E-state index contributed by atoms with van der Waals surface area (Å²) in [6.07, 6.45) is 20.3. The molecule has 8 aliphatic rings. The van der Waals surface area contributed by atoms with Crippen LogP contribution in [0.5, 0.6) is 0 Å². The summed E-state index contributed by atoms with van der Waals surface area (Å²) in [4.78, 5) is 115. The van der Waals surface area contributed by atoms with Gasteiger partial charge < -0.3 is 46.8 Å². The Morgan fingerprint density at radius 1 is 0.474 bits per heavy atom. The number of benzene rings is 2. The summed E-state index contributed by atoms with van der Waals surface area (Å²) in [6.45, 7) is 29.0. The first-order valence-corrected chi connectivity index (χ1v) is 44.5. The van der Waals surface area contributed by atoms with E-state index in [1.54, 1.807) is 4.90 Å². The van der Waals surface area contributed by atoms with Crippen molar-refractivity contribution in [1.82, 2.24) is 80.9 Å². The van der Waals surface area contributed by atoms with Gasteiger partial charge in [0.15, 0.2) is 0 Å². The largest absolute Gasteiger partial charge is 0.386 e. The molecule has 10 atom stereocenters. The number of amides is 8. The number of aryl methyl sites for hydroxylation is 1. The molecule has 10 rings (SSSR count). The number of rotatable bonds is 25. The van der Waals surface area contributed by atoms with E-state index in [0.717, 1.165) is 205 Å². The van der Waals surface area contributed by atoms with Crippen LogP contribution >= 0.6 is 11.8 Å². The molecule has 0 bridgehead atoms. The van der Waals surface area contributed by atoms with Gasteiger partial charge in [0.2, 0.25) is 47.3 Å². The van der Waals surface area contributed by atoms with Gasteiger partial charge in [-0.25, -0.2) is 8.78 Å². The highest BCUT2D eigenvalue weighted by Crippen LogP contribution is 2.24. The lowest BCUT2D eigenvalue weighted by molar-refractivity contribution is -0.135. The molecule has 8 saturated heterocycles. The van der Waals surface area contributed by atoms with E-state index in [-0.39, 0.29) is 107 Å². The van der Waals surface area contributed by atoms with Crippen molar-refractivity contribution >= 4 is 59.0 Å². The third-order valence-corrected chi connectivity index (χ3v) is 23.9. The van der Waals surface area contributed by atoms with Crippen LogP contribution in [-0.4, -0.2) is 340 Å². The zero-order valence-electron chi connectivity index (χ0n) is 75.2. The molecular formula is C88H158F2N16O9S. The van der Waals surface area contributed by atoms with Crippen molar-refractivity contribution in [3.8, 4) is 0 Å². The summed E-state index contributed by atoms with van der Waals surface area (Å²) in [5, 5.41) is 27.6. The number of carbonyl (C=O) groups excluding carboxylic acids is 8. The Morgan fingerprint density at radius 2 is 0.862 bits per heavy atom. The van der Waals surface area contributed by atoms with Gasteiger partial charge in [0.25, 0.3) is 0 Å². The first-order chi connectivity index (χ1) is 55.0. The fourth-order valence-electron chi connectivity index (χ4n) is 15.6. The SMILES string of the molecule is CCCC(C)(C)NC(=O)[C@@H]1CCCN1C.CCCNC(=O)[C@@H]1CCCCN1C.CCN(CC)C(=O)[C@@H]1CCCN1C.CN(C)C(=O)[C@@H]1CCCN1C.CN1CCC[C@H]1C(=O)NC(CF)CF.CN1CCC[C@H]1C(=O)NCCCc1ccccc1.CN1CSC[C@H]1C(=O)NC(C)(C)C.C[C@H](NC(=O)[C@@H]1CCCN1C)[C@H](O)c1ccccc1. The van der Waals surface area contributed by atoms with Crippen LogP contribution in [0.25, 0.3) is 0 Å². The topological polar surface area (TPSA) is 261 Å². The second kappa shape index (κ2) is 55.8. The van der Waals surface area contributed by atoms with Crippen LogP contribution in [0.15, 0.2) is 60.7 Å². The zero-order chi connectivity index (χ0) is 86.7. The molecule has 2 aromatic rings. The van der Waals surface area contributed by atoms with Crippen LogP contribution in [-0.2, 0) is 44.8 Å². The Morgan fingerprint density at radius 3 is 1.25 bits per heavy atom. The number of halogens is 2. The minimum Gasteiger partial charge on any atom is -0.386 e. The summed E-state index contributed by atoms with van der Waals surface area (Å²) >= 11 is 1.81. The summed E-state index contributed by atoms with van der Waals surface area (Å²) in [6, 6.07) is 19.0. The molecule has 0 aliphatic carbocycles. The number of aliphatic hydroxyl groups is 1. The van der Waals surface area contributed by atoms with Gasteiger partial charge in [-0.3, -0.25) is 77.6 Å². The highest BCUT2D eigenvalue weighted by molar-refractivity contribution is 7.99. The predicted octanol–water partition coefficient (Wildman–Crippen LogP) is 8.45. The van der Waals surface area contributed by atoms with Gasteiger partial charge in [0, 0.05) is 63.0 Å². The summed E-state index contributed by atoms with van der Waals surface area (Å²) in [5.74, 6) is 2.95. The Bertz CT molecular complexity index is 3120. The Kier molecular flexibility index (Phi) is 50.1. The number of hydrogen-bond donors (Lipinski definition) is 7. The number of hydrogen-bond acceptors (Lipinski definition) is 18. The molecule has 0 radical (unpaired) electrons. The first kappa shape index (κ1) is 104. The van der Waals surface area contributed by atoms with E-state index < -0.39 is 25.5 Å². The Balaban J connectivity index is 0.000000345. The van der Waals surface area contributed by atoms with Crippen LogP contribution in [0.2, 0.25) is 0 Å². The van der Waals surface area contributed by atoms with Gasteiger partial charge in [-0.15, -0.1) is 11.8 Å². The van der Waals surface area contributed by atoms with Crippen LogP contribution in [0.3, 0.4) is 0 Å². The van der Waals surface area contributed by atoms with E-state index in [0.29, 0.717) is 5.91 Å². The first-order valence-electron chi connectivity index (χ1n) is 43.4. The average Bonchev–Trinajstić information content (AvgIpc) is 1.74. The summed E-state index contributed by atoms with van der Waals surface area (Å²) in [5.41, 5.74) is 1.99. The zero-order valence-corrected chi connectivity index (χ0v) is 76.0. The van der Waals surface area contributed by atoms with Crippen molar-refractivity contribution in [2.75, 3.05) is 167 Å². The van der Waals surface area contributed by atoms with Gasteiger partial charge in [-0.1, -0.05) is 87.4 Å². The van der Waals surface area contributed by atoms with Crippen LogP contribution in [0.4, 0.5) is 8.78 Å². The number of carbonyl (C=O) groups is 8. The number of nitrogens with one attached hydrogen (secondary N) is 6. The molecule has 0 spiro atoms. The van der Waals surface area contributed by atoms with Crippen molar-refractivity contribution in [3.05, 3.63) is 71.8 Å². The molecule has 116 heavy (non-hydrogen) atoms. The molecule has 7 N–H and O–H groups in total. The van der Waals surface area contributed by atoms with E-state index in [2.05, 4.69) is 118 Å². The molecule has 8 fully saturated rings. The van der Waals surface area contributed by atoms with E-state index in [1.807, 2.05) is 170 Å². The number of likely N-dealkylation sites (N-methyl/N-ethyl adjacent to an activating group) is 10. The monoisotopic (exact) mass is 1650 g/mol. The fraction of sp³-hybridized carbons (Fsp3) is 0.773. The highest BCUT2D eigenvalue weighted by Gasteiger charge is 2.36. The smallest absolute Gasteiger partial charge is 0.239 e. The number of aliphatic hydroxyl groups excluding tert-OH is 1. The van der Waals surface area contributed by atoms with Crippen molar-refractivity contribution in [2.24, 2.45) is 0 Å². The van der Waals surface area contributed by atoms with Gasteiger partial charge in [-0.05, 0) is 284 Å². The lowest BCUT2D eigenvalue weighted by atomic mass is 9.98. The number of likely N-dealkylation sites (tertiary alicyclic amines) is 7. The standard InChI is InChI=1S/C15H22N2O2.C15H22N2O.C12H24N2O.2C10H20N2O.C9H16F2N2O.C9H18N2OS.C8H16N2O/c1-11(14(18)12-7-4-3-5-8-12)16-15(19)13-9-6-10-17(13)2;1-17-12-6-10-14(17)15(18)16-11-5-9-13-7-3-2-4-8-13;1-5-8-12(2,3)13-11(15)10-7-6-9-14(10)4;1-4-12(5-2)10(13)9-7-6-8-11(9)3;1-3-7-11-10(13)9-6-4-5-8-12(9)2;1-13-4-2-3-8(13)9(14)12-7(5-10)6-11;1-9(2,3)10-8(12)7-5-13-6-11(7)4;1-9(2)8(11)7-5-4-6-10(7)3/h3-5,7-8,11,13-14,18H,6,9-10H2,1-2H3,(H,16,19);2-4,7-8,14H,5-6,9-12H2,1H3,(H,16,18);10H,5-9H2,1-4H3,(H,13,15);9H,4-8H2,1-3H3;9H,3-8H2,1-2H3,(H,11,13);7-8H,2-6H2,1H3,(H,12,14);7H,5-6H2,1-4H3,(H,10,12);7H,4-6H2,1-3H3/t11-,13-,14-;14-;10-;2*9-;8-;2*7-/m00000000/s1. The third kappa shape index (κ3) is 38.2. The fourth-order valence-corrected chi connectivity index (χ4v) is 16.8. The average molecular weight is 1650 g/mol. The van der Waals surface area contributed by atoms with Gasteiger partial charge in [-0.2, -0.15) is 0 Å². The summed E-state index contributed by atoms with van der Waals surface area (Å²) < 4.78 is 24.3. The molecule has 28 heteroatoms. The van der Waals surface area contributed by atoms with Gasteiger partial charge in [0.05, 0.1) is 66.5 Å². The third-order valence-electron chi connectivity index (χ3n) is 22.8. The molecule has 0 saturated carbocycles. The maximum absolute atomic E-state index is 12.1. The van der Waals surface area contributed by atoms with E-state index in [1.165, 1.54) is 18.4 Å². The molecular weight excluding hydrogens is 1500 g/mol. The number of thioether (sulfide) groups is 1. The van der Waals surface area contributed by atoms with E-state index in [9.17, 15) is 52.2 Å². The van der Waals surface area contributed by atoms with Crippen LogP contribution in [0, 0.1) is 0 Å². The number of alkyl halides is 2. The van der Waals surface area contributed by atoms with Crippen molar-refractivity contribution in [2.45, 2.75) is 275 Å². The minimum absolute atomic E-state index is 0.0162. The second-order valence-corrected chi connectivity index (χ2v) is 35.5. The highest BCUT2D eigenvalue weighted by atomic mass is 32.2. The molecule has 0 aromatic heterocycles. The Labute approximate surface area is 703 Å². The Hall–Kier alpha value is -5.95. The molecule has 8 aliphatic heterocycles. The van der Waals surface area contributed by atoms with Gasteiger partial charge >= 0.3 is 0 Å². The molecule has 664 valence electrons. The lowest BCUT2D eigenvalue weighted by Crippen LogP contribution is -2.50. The van der Waals surface area contributed by atoms with E-state index >= 15 is 0 Å². The summed E-state index contributed by atoms with van der Waals surface area (Å²) in [7, 11) is 19.6. The minimum atomic E-state index is -0.975. The molecule has 0 unspecified atom stereocenters. The molecule has 2 aromatic carbocycles. The van der Waals surface area contributed by atoms with Crippen LogP contribution < -0.4 is 31.9 Å². The maximum atomic E-state index is 12.1. The molecule has 8 heterocycles. The van der Waals surface area contributed by atoms with Crippen molar-refractivity contribution in [1.29, 1.82) is 0 Å².